The van der Waals surface area contributed by atoms with Gasteiger partial charge in [0.05, 0.1) is 23.2 Å². The average Bonchev–Trinajstić information content (AvgIpc) is 3.40. The SMILES string of the molecule is CCOc1ccccc1C(=O)n1c2ccc(C(=O)CCCSc3ccc(Cl)cc3)cc2c2cc(C(=O)c3ccccc3C)ccc21. The molecule has 46 heavy (non-hydrogen) atoms. The van der Waals surface area contributed by atoms with Crippen molar-refractivity contribution in [3.05, 3.63) is 142 Å². The largest absolute Gasteiger partial charge is 0.493 e. The summed E-state index contributed by atoms with van der Waals surface area (Å²) in [5.74, 6) is 0.978. The zero-order valence-corrected chi connectivity index (χ0v) is 27.2. The molecular weight excluding hydrogens is 614 g/mol. The molecule has 1 aromatic heterocycles. The first kappa shape index (κ1) is 31.3. The highest BCUT2D eigenvalue weighted by Crippen LogP contribution is 2.34. The number of aryl methyl sites for hydroxylation is 1. The zero-order valence-electron chi connectivity index (χ0n) is 25.6. The van der Waals surface area contributed by atoms with Crippen molar-refractivity contribution in [2.45, 2.75) is 31.6 Å². The first-order valence-corrected chi connectivity index (χ1v) is 16.6. The Hall–Kier alpha value is -4.65. The molecule has 1 heterocycles. The minimum Gasteiger partial charge on any atom is -0.493 e. The van der Waals surface area contributed by atoms with Gasteiger partial charge in [0.25, 0.3) is 5.91 Å². The third-order valence-corrected chi connectivity index (χ3v) is 9.34. The van der Waals surface area contributed by atoms with Crippen LogP contribution in [0.25, 0.3) is 21.8 Å². The van der Waals surface area contributed by atoms with Gasteiger partial charge in [-0.3, -0.25) is 19.0 Å². The molecule has 230 valence electrons. The van der Waals surface area contributed by atoms with E-state index in [1.54, 1.807) is 40.6 Å². The number of hydrogen-bond acceptors (Lipinski definition) is 5. The number of carbonyl (C=O) groups excluding carboxylic acids is 3. The molecule has 0 radical (unpaired) electrons. The normalized spacial score (nSPS) is 11.2. The Labute approximate surface area is 277 Å². The Morgan fingerprint density at radius 3 is 2.09 bits per heavy atom. The molecule has 0 aliphatic carbocycles. The first-order chi connectivity index (χ1) is 22.4. The van der Waals surface area contributed by atoms with E-state index in [1.165, 1.54) is 0 Å². The van der Waals surface area contributed by atoms with Crippen molar-refractivity contribution < 1.29 is 19.1 Å². The molecule has 0 N–H and O–H groups in total. The highest BCUT2D eigenvalue weighted by molar-refractivity contribution is 7.99. The van der Waals surface area contributed by atoms with Crippen LogP contribution in [0.5, 0.6) is 5.75 Å². The van der Waals surface area contributed by atoms with Gasteiger partial charge in [-0.2, -0.15) is 0 Å². The lowest BCUT2D eigenvalue weighted by Gasteiger charge is -2.11. The lowest BCUT2D eigenvalue weighted by Crippen LogP contribution is -2.13. The van der Waals surface area contributed by atoms with Crippen LogP contribution in [0.4, 0.5) is 0 Å². The summed E-state index contributed by atoms with van der Waals surface area (Å²) in [6, 6.07) is 33.2. The molecule has 0 aliphatic rings. The average molecular weight is 646 g/mol. The fraction of sp³-hybridized carbons (Fsp3) is 0.154. The zero-order chi connectivity index (χ0) is 32.2. The molecule has 0 fully saturated rings. The number of rotatable bonds is 11. The molecule has 0 bridgehead atoms. The van der Waals surface area contributed by atoms with E-state index in [2.05, 4.69) is 0 Å². The van der Waals surface area contributed by atoms with Gasteiger partial charge < -0.3 is 4.74 Å². The van der Waals surface area contributed by atoms with Crippen molar-refractivity contribution in [2.24, 2.45) is 0 Å². The Kier molecular flexibility index (Phi) is 9.38. The molecule has 6 rings (SSSR count). The number of carbonyl (C=O) groups is 3. The first-order valence-electron chi connectivity index (χ1n) is 15.2. The maximum absolute atomic E-state index is 14.2. The number of halogens is 1. The summed E-state index contributed by atoms with van der Waals surface area (Å²) in [7, 11) is 0. The molecule has 0 spiro atoms. The minimum absolute atomic E-state index is 0.0275. The van der Waals surface area contributed by atoms with Crippen molar-refractivity contribution in [1.29, 1.82) is 0 Å². The van der Waals surface area contributed by atoms with Gasteiger partial charge >= 0.3 is 0 Å². The number of fused-ring (bicyclic) bond motifs is 3. The van der Waals surface area contributed by atoms with Gasteiger partial charge in [-0.05, 0) is 104 Å². The maximum Gasteiger partial charge on any atom is 0.266 e. The summed E-state index contributed by atoms with van der Waals surface area (Å²) in [6.45, 7) is 4.22. The third kappa shape index (κ3) is 6.37. The van der Waals surface area contributed by atoms with Gasteiger partial charge in [0, 0.05) is 43.8 Å². The van der Waals surface area contributed by atoms with Crippen LogP contribution in [0.1, 0.15) is 62.0 Å². The quantitative estimate of drug-likeness (QED) is 0.0797. The van der Waals surface area contributed by atoms with E-state index in [1.807, 2.05) is 98.8 Å². The van der Waals surface area contributed by atoms with E-state index < -0.39 is 0 Å². The second-order valence-electron chi connectivity index (χ2n) is 11.0. The molecule has 0 saturated carbocycles. The highest BCUT2D eigenvalue weighted by atomic mass is 35.5. The number of aromatic nitrogens is 1. The van der Waals surface area contributed by atoms with Crippen LogP contribution in [0, 0.1) is 6.92 Å². The molecule has 0 aliphatic heterocycles. The van der Waals surface area contributed by atoms with E-state index in [-0.39, 0.29) is 17.5 Å². The van der Waals surface area contributed by atoms with Crippen molar-refractivity contribution in [3.8, 4) is 5.75 Å². The number of thioether (sulfide) groups is 1. The van der Waals surface area contributed by atoms with Crippen molar-refractivity contribution in [2.75, 3.05) is 12.4 Å². The molecule has 6 aromatic rings. The van der Waals surface area contributed by atoms with Gasteiger partial charge in [0.15, 0.2) is 11.6 Å². The van der Waals surface area contributed by atoms with Gasteiger partial charge in [-0.25, -0.2) is 0 Å². The molecule has 5 aromatic carbocycles. The summed E-state index contributed by atoms with van der Waals surface area (Å²) in [5, 5.41) is 2.16. The number of ether oxygens (including phenoxy) is 1. The fourth-order valence-electron chi connectivity index (χ4n) is 5.68. The van der Waals surface area contributed by atoms with E-state index in [4.69, 9.17) is 16.3 Å². The lowest BCUT2D eigenvalue weighted by atomic mass is 9.97. The number of hydrogen-bond donors (Lipinski definition) is 0. The molecule has 0 unspecified atom stereocenters. The number of ketones is 2. The molecule has 0 saturated heterocycles. The van der Waals surface area contributed by atoms with E-state index in [0.29, 0.717) is 63.5 Å². The molecule has 0 atom stereocenters. The molecule has 0 amide bonds. The number of nitrogens with zero attached hydrogens (tertiary/aromatic N) is 1. The van der Waals surface area contributed by atoms with E-state index in [9.17, 15) is 14.4 Å². The second kappa shape index (κ2) is 13.8. The molecule has 5 nitrogen and oxygen atoms in total. The summed E-state index contributed by atoms with van der Waals surface area (Å²) < 4.78 is 7.45. The summed E-state index contributed by atoms with van der Waals surface area (Å²) in [5.41, 5.74) is 4.33. The van der Waals surface area contributed by atoms with Crippen LogP contribution in [-0.4, -0.2) is 34.4 Å². The molecule has 7 heteroatoms. The topological polar surface area (TPSA) is 65.4 Å². The van der Waals surface area contributed by atoms with Crippen molar-refractivity contribution in [1.82, 2.24) is 4.57 Å². The van der Waals surface area contributed by atoms with Gasteiger partial charge in [-0.1, -0.05) is 48.0 Å². The molecular formula is C39H32ClNO4S. The number of benzene rings is 5. The standard InChI is InChI=1S/C39H32ClNO4S/c1-3-45-37-13-7-6-11-31(37)39(44)41-34-20-14-26(36(42)12-8-22-46-29-18-16-28(40)17-19-29)23-32(34)33-24-27(15-21-35(33)41)38(43)30-10-5-4-9-25(30)2/h4-7,9-11,13-21,23-24H,3,8,12,22H2,1-2H3. The van der Waals surface area contributed by atoms with Crippen LogP contribution in [0.3, 0.4) is 0 Å². The Morgan fingerprint density at radius 2 is 1.39 bits per heavy atom. The summed E-state index contributed by atoms with van der Waals surface area (Å²) >= 11 is 7.68. The van der Waals surface area contributed by atoms with Crippen LogP contribution in [0.2, 0.25) is 5.02 Å². The Bertz CT molecular complexity index is 2100. The van der Waals surface area contributed by atoms with Crippen LogP contribution in [0.15, 0.2) is 114 Å². The van der Waals surface area contributed by atoms with Gasteiger partial charge in [-0.15, -0.1) is 11.8 Å². The summed E-state index contributed by atoms with van der Waals surface area (Å²) in [4.78, 5) is 42.3. The fourth-order valence-corrected chi connectivity index (χ4v) is 6.66. The Balaban J connectivity index is 1.38. The van der Waals surface area contributed by atoms with E-state index in [0.717, 1.165) is 27.0 Å². The second-order valence-corrected chi connectivity index (χ2v) is 12.6. The lowest BCUT2D eigenvalue weighted by molar-refractivity contribution is 0.0962. The predicted molar refractivity (Wildman–Crippen MR) is 187 cm³/mol. The van der Waals surface area contributed by atoms with E-state index >= 15 is 0 Å². The minimum atomic E-state index is -0.250. The van der Waals surface area contributed by atoms with Gasteiger partial charge in [0.1, 0.15) is 5.75 Å². The Morgan fingerprint density at radius 1 is 0.761 bits per heavy atom. The predicted octanol–water partition coefficient (Wildman–Crippen LogP) is 9.83. The maximum atomic E-state index is 14.2. The third-order valence-electron chi connectivity index (χ3n) is 7.99. The van der Waals surface area contributed by atoms with Crippen LogP contribution < -0.4 is 4.74 Å². The smallest absolute Gasteiger partial charge is 0.266 e. The van der Waals surface area contributed by atoms with Crippen molar-refractivity contribution in [3.63, 3.8) is 0 Å². The monoisotopic (exact) mass is 645 g/mol. The van der Waals surface area contributed by atoms with Crippen LogP contribution >= 0.6 is 23.4 Å². The summed E-state index contributed by atoms with van der Waals surface area (Å²) in [6.07, 6.45) is 1.11. The van der Waals surface area contributed by atoms with Gasteiger partial charge in [0.2, 0.25) is 0 Å². The highest BCUT2D eigenvalue weighted by Gasteiger charge is 2.23. The van der Waals surface area contributed by atoms with Crippen molar-refractivity contribution >= 4 is 62.6 Å². The number of para-hydroxylation sites is 1. The van der Waals surface area contributed by atoms with Crippen LogP contribution in [-0.2, 0) is 0 Å². The number of Topliss-reactive ketones (excluding diaryl/α,β-unsaturated/α-hetero) is 1.